The Labute approximate surface area is 126 Å². The summed E-state index contributed by atoms with van der Waals surface area (Å²) in [6.45, 7) is 1.97. The zero-order chi connectivity index (χ0) is 15.7. The second-order valence-electron chi connectivity index (χ2n) is 4.77. The first-order valence-electron chi connectivity index (χ1n) is 6.43. The van der Waals surface area contributed by atoms with Crippen LogP contribution in [0.1, 0.15) is 6.92 Å². The SMILES string of the molecule is CCn1c(-c2c(F)cccc2F)c(N(C)C)cc(Cl)c1=O. The summed E-state index contributed by atoms with van der Waals surface area (Å²) in [7, 11) is 3.44. The van der Waals surface area contributed by atoms with Gasteiger partial charge >= 0.3 is 0 Å². The van der Waals surface area contributed by atoms with Crippen LogP contribution in [0.5, 0.6) is 0 Å². The number of aromatic nitrogens is 1. The van der Waals surface area contributed by atoms with Crippen LogP contribution in [0.3, 0.4) is 0 Å². The minimum atomic E-state index is -0.720. The molecular formula is C15H15ClF2N2O. The van der Waals surface area contributed by atoms with E-state index in [-0.39, 0.29) is 22.8 Å². The monoisotopic (exact) mass is 312 g/mol. The third-order valence-corrected chi connectivity index (χ3v) is 3.49. The Morgan fingerprint density at radius 3 is 2.29 bits per heavy atom. The van der Waals surface area contributed by atoms with E-state index in [1.54, 1.807) is 25.9 Å². The molecule has 0 N–H and O–H groups in total. The zero-order valence-electron chi connectivity index (χ0n) is 12.0. The molecule has 0 spiro atoms. The van der Waals surface area contributed by atoms with Crippen molar-refractivity contribution in [3.63, 3.8) is 0 Å². The van der Waals surface area contributed by atoms with Gasteiger partial charge in [-0.2, -0.15) is 0 Å². The van der Waals surface area contributed by atoms with Crippen LogP contribution >= 0.6 is 11.6 Å². The summed E-state index contributed by atoms with van der Waals surface area (Å²) < 4.78 is 29.5. The first-order valence-corrected chi connectivity index (χ1v) is 6.81. The lowest BCUT2D eigenvalue weighted by atomic mass is 10.1. The molecule has 0 unspecified atom stereocenters. The molecule has 0 aliphatic rings. The number of hydrogen-bond acceptors (Lipinski definition) is 2. The third-order valence-electron chi connectivity index (χ3n) is 3.22. The molecule has 0 amide bonds. The van der Waals surface area contributed by atoms with Crippen molar-refractivity contribution in [1.82, 2.24) is 4.57 Å². The van der Waals surface area contributed by atoms with Gasteiger partial charge in [-0.05, 0) is 25.1 Å². The van der Waals surface area contributed by atoms with Crippen molar-refractivity contribution in [2.75, 3.05) is 19.0 Å². The molecule has 0 atom stereocenters. The predicted octanol–water partition coefficient (Wildman–Crippen LogP) is 3.53. The summed E-state index contributed by atoms with van der Waals surface area (Å²) >= 11 is 5.93. The van der Waals surface area contributed by atoms with Crippen molar-refractivity contribution in [3.05, 3.63) is 51.3 Å². The molecular weight excluding hydrogens is 298 g/mol. The predicted molar refractivity (Wildman–Crippen MR) is 81.1 cm³/mol. The van der Waals surface area contributed by atoms with E-state index in [2.05, 4.69) is 0 Å². The van der Waals surface area contributed by atoms with Gasteiger partial charge in [0.15, 0.2) is 0 Å². The smallest absolute Gasteiger partial charge is 0.269 e. The van der Waals surface area contributed by atoms with Crippen molar-refractivity contribution in [2.45, 2.75) is 13.5 Å². The van der Waals surface area contributed by atoms with Crippen LogP contribution in [-0.4, -0.2) is 18.7 Å². The molecule has 21 heavy (non-hydrogen) atoms. The van der Waals surface area contributed by atoms with Crippen molar-refractivity contribution in [1.29, 1.82) is 0 Å². The van der Waals surface area contributed by atoms with E-state index in [0.717, 1.165) is 12.1 Å². The summed E-state index contributed by atoms with van der Waals surface area (Å²) in [4.78, 5) is 13.8. The molecule has 112 valence electrons. The number of benzene rings is 1. The number of rotatable bonds is 3. The summed E-state index contributed by atoms with van der Waals surface area (Å²) in [5.74, 6) is -1.44. The lowest BCUT2D eigenvalue weighted by molar-refractivity contribution is 0.584. The van der Waals surface area contributed by atoms with Gasteiger partial charge in [0.05, 0.1) is 16.9 Å². The fourth-order valence-electron chi connectivity index (χ4n) is 2.25. The van der Waals surface area contributed by atoms with Gasteiger partial charge in [-0.25, -0.2) is 8.78 Å². The van der Waals surface area contributed by atoms with E-state index >= 15 is 0 Å². The van der Waals surface area contributed by atoms with Gasteiger partial charge in [0, 0.05) is 20.6 Å². The highest BCUT2D eigenvalue weighted by Crippen LogP contribution is 2.34. The number of halogens is 3. The highest BCUT2D eigenvalue weighted by Gasteiger charge is 2.21. The molecule has 6 heteroatoms. The Bertz CT molecular complexity index is 721. The molecule has 2 rings (SSSR count). The Kier molecular flexibility index (Phi) is 4.32. The van der Waals surface area contributed by atoms with Gasteiger partial charge in [0.1, 0.15) is 16.7 Å². The van der Waals surface area contributed by atoms with Crippen LogP contribution in [0.25, 0.3) is 11.3 Å². The summed E-state index contributed by atoms with van der Waals surface area (Å²) in [5.41, 5.74) is -0.0304. The standard InChI is InChI=1S/C15H15ClF2N2O/c1-4-20-14(13-10(17)6-5-7-11(13)18)12(19(2)3)8-9(16)15(20)21/h5-8H,4H2,1-3H3. The summed E-state index contributed by atoms with van der Waals surface area (Å²) in [6.07, 6.45) is 0. The molecule has 0 aliphatic carbocycles. The topological polar surface area (TPSA) is 25.2 Å². The molecule has 0 fully saturated rings. The second kappa shape index (κ2) is 5.85. The van der Waals surface area contributed by atoms with Crippen LogP contribution in [-0.2, 0) is 6.54 Å². The van der Waals surface area contributed by atoms with Crippen molar-refractivity contribution in [3.8, 4) is 11.3 Å². The van der Waals surface area contributed by atoms with Gasteiger partial charge in [-0.3, -0.25) is 4.79 Å². The molecule has 1 aromatic heterocycles. The van der Waals surface area contributed by atoms with Gasteiger partial charge in [0.2, 0.25) is 0 Å². The molecule has 0 saturated heterocycles. The molecule has 3 nitrogen and oxygen atoms in total. The van der Waals surface area contributed by atoms with E-state index < -0.39 is 17.2 Å². The molecule has 1 heterocycles. The lowest BCUT2D eigenvalue weighted by Crippen LogP contribution is -2.25. The van der Waals surface area contributed by atoms with E-state index in [1.807, 2.05) is 0 Å². The van der Waals surface area contributed by atoms with Crippen LogP contribution in [0.4, 0.5) is 14.5 Å². The quantitative estimate of drug-likeness (QED) is 0.866. The molecule has 2 aromatic rings. The number of hydrogen-bond donors (Lipinski definition) is 0. The maximum absolute atomic E-state index is 14.1. The fourth-order valence-corrected chi connectivity index (χ4v) is 2.45. The van der Waals surface area contributed by atoms with E-state index in [1.165, 1.54) is 16.7 Å². The van der Waals surface area contributed by atoms with Gasteiger partial charge < -0.3 is 9.47 Å². The Balaban J connectivity index is 2.96. The summed E-state index contributed by atoms with van der Waals surface area (Å²) in [6, 6.07) is 5.04. The lowest BCUT2D eigenvalue weighted by Gasteiger charge is -2.22. The minimum Gasteiger partial charge on any atom is -0.376 e. The highest BCUT2D eigenvalue weighted by atomic mass is 35.5. The minimum absolute atomic E-state index is 0.0149. The molecule has 0 radical (unpaired) electrons. The van der Waals surface area contributed by atoms with Crippen LogP contribution in [0, 0.1) is 11.6 Å². The Morgan fingerprint density at radius 2 is 1.81 bits per heavy atom. The van der Waals surface area contributed by atoms with Crippen molar-refractivity contribution in [2.24, 2.45) is 0 Å². The van der Waals surface area contributed by atoms with Gasteiger partial charge in [0.25, 0.3) is 5.56 Å². The van der Waals surface area contributed by atoms with Crippen molar-refractivity contribution >= 4 is 17.3 Å². The van der Waals surface area contributed by atoms with Crippen LogP contribution in [0.2, 0.25) is 5.02 Å². The van der Waals surface area contributed by atoms with E-state index in [0.29, 0.717) is 5.69 Å². The Morgan fingerprint density at radius 1 is 1.24 bits per heavy atom. The first-order chi connectivity index (χ1) is 9.88. The van der Waals surface area contributed by atoms with Crippen molar-refractivity contribution < 1.29 is 8.78 Å². The average Bonchev–Trinajstić information content (AvgIpc) is 2.42. The zero-order valence-corrected chi connectivity index (χ0v) is 12.7. The largest absolute Gasteiger partial charge is 0.376 e. The van der Waals surface area contributed by atoms with Crippen LogP contribution < -0.4 is 10.5 Å². The normalized spacial score (nSPS) is 10.8. The first kappa shape index (κ1) is 15.5. The summed E-state index contributed by atoms with van der Waals surface area (Å²) in [5, 5.41) is 0.0149. The van der Waals surface area contributed by atoms with Crippen LogP contribution in [0.15, 0.2) is 29.1 Å². The second-order valence-corrected chi connectivity index (χ2v) is 5.17. The van der Waals surface area contributed by atoms with Gasteiger partial charge in [-0.1, -0.05) is 17.7 Å². The number of pyridine rings is 1. The molecule has 0 saturated carbocycles. The molecule has 1 aromatic carbocycles. The maximum atomic E-state index is 14.1. The third kappa shape index (κ3) is 2.65. The van der Waals surface area contributed by atoms with E-state index in [9.17, 15) is 13.6 Å². The molecule has 0 aliphatic heterocycles. The highest BCUT2D eigenvalue weighted by molar-refractivity contribution is 6.30. The number of anilines is 1. The van der Waals surface area contributed by atoms with Gasteiger partial charge in [-0.15, -0.1) is 0 Å². The maximum Gasteiger partial charge on any atom is 0.269 e. The molecule has 0 bridgehead atoms. The number of nitrogens with zero attached hydrogens (tertiary/aromatic N) is 2. The fraction of sp³-hybridized carbons (Fsp3) is 0.267. The Hall–Kier alpha value is -1.88. The van der Waals surface area contributed by atoms with E-state index in [4.69, 9.17) is 11.6 Å². The average molecular weight is 313 g/mol.